The molecule has 2 heterocycles. The summed E-state index contributed by atoms with van der Waals surface area (Å²) < 4.78 is 15.7. The first kappa shape index (κ1) is 17.5. The summed E-state index contributed by atoms with van der Waals surface area (Å²) in [4.78, 5) is 27.3. The van der Waals surface area contributed by atoms with Crippen LogP contribution in [0.4, 0.5) is 0 Å². The molecule has 26 heavy (non-hydrogen) atoms. The van der Waals surface area contributed by atoms with Crippen molar-refractivity contribution in [3.8, 4) is 28.4 Å². The molecule has 2 aromatic rings. The summed E-state index contributed by atoms with van der Waals surface area (Å²) in [6.45, 7) is 2.58. The molecule has 3 rings (SSSR count). The van der Waals surface area contributed by atoms with E-state index >= 15 is 0 Å². The van der Waals surface area contributed by atoms with Crippen molar-refractivity contribution in [1.29, 1.82) is 0 Å². The number of pyridine rings is 1. The fourth-order valence-electron chi connectivity index (χ4n) is 2.46. The van der Waals surface area contributed by atoms with Crippen LogP contribution in [0.2, 0.25) is 0 Å². The van der Waals surface area contributed by atoms with Crippen molar-refractivity contribution in [2.45, 2.75) is 6.92 Å². The Hall–Kier alpha value is -3.29. The molecule has 1 amide bonds. The van der Waals surface area contributed by atoms with Gasteiger partial charge in [0.25, 0.3) is 5.91 Å². The molecule has 0 radical (unpaired) electrons. The molecular weight excluding hydrogens is 340 g/mol. The molecule has 1 aromatic carbocycles. The lowest BCUT2D eigenvalue weighted by molar-refractivity contribution is -0.141. The van der Waals surface area contributed by atoms with Gasteiger partial charge in [-0.1, -0.05) is 6.07 Å². The predicted octanol–water partition coefficient (Wildman–Crippen LogP) is 1.52. The van der Waals surface area contributed by atoms with Crippen LogP contribution in [0.1, 0.15) is 17.4 Å². The maximum atomic E-state index is 12.0. The quantitative estimate of drug-likeness (QED) is 0.780. The monoisotopic (exact) mass is 358 g/mol. The second-order valence-electron chi connectivity index (χ2n) is 5.44. The lowest BCUT2D eigenvalue weighted by Gasteiger charge is -2.19. The lowest BCUT2D eigenvalue weighted by atomic mass is 10.1. The van der Waals surface area contributed by atoms with Crippen molar-refractivity contribution >= 4 is 11.9 Å². The summed E-state index contributed by atoms with van der Waals surface area (Å²) in [6.07, 6.45) is 1.46. The van der Waals surface area contributed by atoms with Crippen LogP contribution in [0, 0.1) is 0 Å². The van der Waals surface area contributed by atoms with E-state index < -0.39 is 11.9 Å². The fourth-order valence-corrected chi connectivity index (χ4v) is 2.46. The van der Waals surface area contributed by atoms with Gasteiger partial charge in [-0.3, -0.25) is 9.59 Å². The maximum absolute atomic E-state index is 12.0. The molecule has 1 aliphatic rings. The summed E-state index contributed by atoms with van der Waals surface area (Å²) in [6, 6.07) is 6.80. The van der Waals surface area contributed by atoms with Crippen LogP contribution in [0.25, 0.3) is 11.1 Å². The maximum Gasteiger partial charge on any atom is 0.325 e. The molecule has 0 unspecified atom stereocenters. The highest BCUT2D eigenvalue weighted by molar-refractivity contribution is 5.96. The number of nitrogens with zero attached hydrogens (tertiary/aromatic N) is 1. The molecule has 2 N–H and O–H groups in total. The van der Waals surface area contributed by atoms with Gasteiger partial charge in [0.1, 0.15) is 25.5 Å². The number of aromatic nitrogens is 1. The van der Waals surface area contributed by atoms with Gasteiger partial charge in [0.15, 0.2) is 17.2 Å². The first-order valence-corrected chi connectivity index (χ1v) is 8.11. The van der Waals surface area contributed by atoms with Gasteiger partial charge in [0.2, 0.25) is 0 Å². The van der Waals surface area contributed by atoms with E-state index in [9.17, 15) is 14.7 Å². The van der Waals surface area contributed by atoms with Gasteiger partial charge < -0.3 is 24.6 Å². The van der Waals surface area contributed by atoms with Gasteiger partial charge in [-0.25, -0.2) is 4.98 Å². The summed E-state index contributed by atoms with van der Waals surface area (Å²) in [7, 11) is 0. The second-order valence-corrected chi connectivity index (χ2v) is 5.44. The Labute approximate surface area is 149 Å². The van der Waals surface area contributed by atoms with Crippen molar-refractivity contribution < 1.29 is 28.9 Å². The zero-order chi connectivity index (χ0) is 18.5. The van der Waals surface area contributed by atoms with Crippen LogP contribution in [0.15, 0.2) is 30.5 Å². The van der Waals surface area contributed by atoms with E-state index in [1.807, 2.05) is 6.07 Å². The number of carbonyl (C=O) groups is 2. The fraction of sp³-hybridized carbons (Fsp3) is 0.278. The number of benzene rings is 1. The third-order valence-corrected chi connectivity index (χ3v) is 3.66. The van der Waals surface area contributed by atoms with Gasteiger partial charge >= 0.3 is 5.97 Å². The average Bonchev–Trinajstić information content (AvgIpc) is 2.66. The van der Waals surface area contributed by atoms with Crippen LogP contribution in [-0.2, 0) is 9.53 Å². The molecule has 0 saturated heterocycles. The SMILES string of the molecule is CCOC(=O)CNC(=O)c1ncc(-c2ccc3c(c2)OCCO3)cc1O. The Morgan fingerprint density at radius 3 is 2.69 bits per heavy atom. The van der Waals surface area contributed by atoms with E-state index in [0.29, 0.717) is 30.3 Å². The first-order chi connectivity index (χ1) is 12.6. The van der Waals surface area contributed by atoms with Gasteiger partial charge in [-0.15, -0.1) is 0 Å². The number of aromatic hydroxyl groups is 1. The van der Waals surface area contributed by atoms with Crippen LogP contribution in [0.5, 0.6) is 17.2 Å². The largest absolute Gasteiger partial charge is 0.505 e. The van der Waals surface area contributed by atoms with E-state index in [-0.39, 0.29) is 24.6 Å². The number of ether oxygens (including phenoxy) is 3. The van der Waals surface area contributed by atoms with E-state index in [1.165, 1.54) is 12.3 Å². The highest BCUT2D eigenvalue weighted by Gasteiger charge is 2.17. The molecule has 0 atom stereocenters. The summed E-state index contributed by atoms with van der Waals surface area (Å²) in [5.41, 5.74) is 1.20. The van der Waals surface area contributed by atoms with Gasteiger partial charge in [-0.2, -0.15) is 0 Å². The van der Waals surface area contributed by atoms with E-state index in [0.717, 1.165) is 5.56 Å². The minimum Gasteiger partial charge on any atom is -0.505 e. The molecule has 0 bridgehead atoms. The van der Waals surface area contributed by atoms with Crippen molar-refractivity contribution in [2.75, 3.05) is 26.4 Å². The lowest BCUT2D eigenvalue weighted by Crippen LogP contribution is -2.31. The smallest absolute Gasteiger partial charge is 0.325 e. The first-order valence-electron chi connectivity index (χ1n) is 8.11. The number of fused-ring (bicyclic) bond motifs is 1. The standard InChI is InChI=1S/C18H18N2O6/c1-2-24-16(22)10-20-18(23)17-13(21)7-12(9-19-17)11-3-4-14-15(8-11)26-6-5-25-14/h3-4,7-9,21H,2,5-6,10H2,1H3,(H,20,23). The van der Waals surface area contributed by atoms with Crippen molar-refractivity contribution in [3.63, 3.8) is 0 Å². The number of carbonyl (C=O) groups excluding carboxylic acids is 2. The van der Waals surface area contributed by atoms with Crippen LogP contribution >= 0.6 is 0 Å². The van der Waals surface area contributed by atoms with Crippen molar-refractivity contribution in [3.05, 3.63) is 36.2 Å². The zero-order valence-corrected chi connectivity index (χ0v) is 14.2. The van der Waals surface area contributed by atoms with Gasteiger partial charge in [0.05, 0.1) is 6.61 Å². The minimum absolute atomic E-state index is 0.171. The number of nitrogens with one attached hydrogen (secondary N) is 1. The Kier molecular flexibility index (Phi) is 5.21. The van der Waals surface area contributed by atoms with Crippen LogP contribution < -0.4 is 14.8 Å². The van der Waals surface area contributed by atoms with E-state index in [4.69, 9.17) is 14.2 Å². The molecule has 0 saturated carbocycles. The molecule has 0 fully saturated rings. The Morgan fingerprint density at radius 1 is 1.19 bits per heavy atom. The molecule has 8 heteroatoms. The normalized spacial score (nSPS) is 12.3. The molecule has 1 aliphatic heterocycles. The van der Waals surface area contributed by atoms with Crippen molar-refractivity contribution in [1.82, 2.24) is 10.3 Å². The average molecular weight is 358 g/mol. The third-order valence-electron chi connectivity index (χ3n) is 3.66. The zero-order valence-electron chi connectivity index (χ0n) is 14.2. The molecule has 8 nitrogen and oxygen atoms in total. The summed E-state index contributed by atoms with van der Waals surface area (Å²) >= 11 is 0. The molecule has 1 aromatic heterocycles. The predicted molar refractivity (Wildman–Crippen MR) is 91.3 cm³/mol. The number of esters is 1. The molecule has 136 valence electrons. The third kappa shape index (κ3) is 3.85. The van der Waals surface area contributed by atoms with E-state index in [1.54, 1.807) is 19.1 Å². The summed E-state index contributed by atoms with van der Waals surface area (Å²) in [5.74, 6) is -0.243. The number of amides is 1. The number of hydrogen-bond donors (Lipinski definition) is 2. The van der Waals surface area contributed by atoms with E-state index in [2.05, 4.69) is 10.3 Å². The van der Waals surface area contributed by atoms with Crippen molar-refractivity contribution in [2.24, 2.45) is 0 Å². The highest BCUT2D eigenvalue weighted by atomic mass is 16.6. The van der Waals surface area contributed by atoms with Crippen LogP contribution in [0.3, 0.4) is 0 Å². The topological polar surface area (TPSA) is 107 Å². The second kappa shape index (κ2) is 7.73. The summed E-state index contributed by atoms with van der Waals surface area (Å²) in [5, 5.41) is 12.5. The highest BCUT2D eigenvalue weighted by Crippen LogP contribution is 2.35. The van der Waals surface area contributed by atoms with Gasteiger partial charge in [0, 0.05) is 11.8 Å². The molecule has 0 aliphatic carbocycles. The molecular formula is C18H18N2O6. The Bertz CT molecular complexity index is 836. The Balaban J connectivity index is 1.75. The number of rotatable bonds is 5. The van der Waals surface area contributed by atoms with Crippen LogP contribution in [-0.4, -0.2) is 48.3 Å². The Morgan fingerprint density at radius 2 is 1.96 bits per heavy atom. The minimum atomic E-state index is -0.663. The number of hydrogen-bond acceptors (Lipinski definition) is 7. The van der Waals surface area contributed by atoms with Gasteiger partial charge in [-0.05, 0) is 30.7 Å². The molecule has 0 spiro atoms.